The monoisotopic (exact) mass is 329 g/mol. The zero-order valence-corrected chi connectivity index (χ0v) is 14.3. The molecule has 4 atom stereocenters. The van der Waals surface area contributed by atoms with Gasteiger partial charge < -0.3 is 15.5 Å². The molecule has 2 N–H and O–H groups in total. The quantitative estimate of drug-likeness (QED) is 0.825. The molecule has 6 heteroatoms. The molecule has 0 aromatic heterocycles. The number of fused-ring (bicyclic) bond motifs is 2. The SMILES string of the molecule is CN(C)C(=O)C1CCN(C(=O)C2C3CCC(C3)C2N)CC1.Cl. The lowest BCUT2D eigenvalue weighted by molar-refractivity contribution is -0.142. The molecule has 5 nitrogen and oxygen atoms in total. The second-order valence-corrected chi connectivity index (χ2v) is 7.27. The van der Waals surface area contributed by atoms with E-state index in [4.69, 9.17) is 5.73 Å². The van der Waals surface area contributed by atoms with E-state index >= 15 is 0 Å². The molecule has 3 aliphatic rings. The number of hydrogen-bond acceptors (Lipinski definition) is 3. The molecule has 0 spiro atoms. The van der Waals surface area contributed by atoms with Gasteiger partial charge in [0.25, 0.3) is 0 Å². The van der Waals surface area contributed by atoms with Gasteiger partial charge in [-0.25, -0.2) is 0 Å². The van der Waals surface area contributed by atoms with Gasteiger partial charge in [-0.2, -0.15) is 0 Å². The standard InChI is InChI=1S/C16H27N3O2.ClH/c1-18(2)15(20)10-5-7-19(8-6-10)16(21)13-11-3-4-12(9-11)14(13)17;/h10-14H,3-9,17H2,1-2H3;1H. The topological polar surface area (TPSA) is 66.6 Å². The maximum atomic E-state index is 12.8. The molecule has 22 heavy (non-hydrogen) atoms. The third kappa shape index (κ3) is 2.98. The largest absolute Gasteiger partial charge is 0.349 e. The molecule has 2 bridgehead atoms. The van der Waals surface area contributed by atoms with Crippen molar-refractivity contribution in [2.24, 2.45) is 29.4 Å². The average molecular weight is 330 g/mol. The van der Waals surface area contributed by atoms with E-state index in [0.717, 1.165) is 19.3 Å². The van der Waals surface area contributed by atoms with Gasteiger partial charge in [0.2, 0.25) is 11.8 Å². The first kappa shape index (κ1) is 17.5. The molecule has 1 aliphatic heterocycles. The summed E-state index contributed by atoms with van der Waals surface area (Å²) in [5.74, 6) is 1.65. The van der Waals surface area contributed by atoms with Crippen molar-refractivity contribution in [3.05, 3.63) is 0 Å². The van der Waals surface area contributed by atoms with Crippen LogP contribution in [0, 0.1) is 23.7 Å². The van der Waals surface area contributed by atoms with Crippen molar-refractivity contribution in [2.75, 3.05) is 27.2 Å². The minimum Gasteiger partial charge on any atom is -0.349 e. The molecule has 3 rings (SSSR count). The van der Waals surface area contributed by atoms with Gasteiger partial charge >= 0.3 is 0 Å². The molecular weight excluding hydrogens is 302 g/mol. The van der Waals surface area contributed by atoms with Gasteiger partial charge in [-0.15, -0.1) is 12.4 Å². The normalized spacial score (nSPS) is 34.4. The highest BCUT2D eigenvalue weighted by atomic mass is 35.5. The van der Waals surface area contributed by atoms with Gasteiger partial charge in [0.1, 0.15) is 0 Å². The molecule has 0 radical (unpaired) electrons. The first-order valence-corrected chi connectivity index (χ1v) is 8.24. The lowest BCUT2D eigenvalue weighted by Crippen LogP contribution is -2.50. The van der Waals surface area contributed by atoms with Crippen LogP contribution in [0.4, 0.5) is 0 Å². The van der Waals surface area contributed by atoms with Gasteiger partial charge in [-0.1, -0.05) is 0 Å². The number of carbonyl (C=O) groups is 2. The van der Waals surface area contributed by atoms with Gasteiger partial charge in [0.05, 0.1) is 5.92 Å². The highest BCUT2D eigenvalue weighted by Crippen LogP contribution is 2.48. The second kappa shape index (κ2) is 6.75. The number of piperidine rings is 1. The minimum absolute atomic E-state index is 0. The van der Waals surface area contributed by atoms with Gasteiger partial charge in [-0.05, 0) is 43.9 Å². The maximum Gasteiger partial charge on any atom is 0.227 e. The fourth-order valence-corrected chi connectivity index (χ4v) is 4.63. The molecule has 0 aromatic rings. The third-order valence-electron chi connectivity index (χ3n) is 5.86. The van der Waals surface area contributed by atoms with Crippen molar-refractivity contribution in [1.82, 2.24) is 9.80 Å². The number of halogens is 1. The second-order valence-electron chi connectivity index (χ2n) is 7.27. The summed E-state index contributed by atoms with van der Waals surface area (Å²) in [6.45, 7) is 1.42. The van der Waals surface area contributed by atoms with Crippen LogP contribution in [0.5, 0.6) is 0 Å². The molecule has 2 amide bonds. The Kier molecular flexibility index (Phi) is 5.38. The summed E-state index contributed by atoms with van der Waals surface area (Å²) in [4.78, 5) is 28.4. The van der Waals surface area contributed by atoms with E-state index in [1.807, 2.05) is 4.90 Å². The highest BCUT2D eigenvalue weighted by molar-refractivity contribution is 5.85. The Bertz CT molecular complexity index is 433. The van der Waals surface area contributed by atoms with Crippen molar-refractivity contribution >= 4 is 24.2 Å². The van der Waals surface area contributed by atoms with Crippen LogP contribution >= 0.6 is 12.4 Å². The molecule has 2 saturated carbocycles. The number of amides is 2. The lowest BCUT2D eigenvalue weighted by Gasteiger charge is -2.37. The average Bonchev–Trinajstić information content (AvgIpc) is 3.07. The van der Waals surface area contributed by atoms with E-state index in [0.29, 0.717) is 24.9 Å². The Morgan fingerprint density at radius 2 is 1.64 bits per heavy atom. The number of nitrogens with zero attached hydrogens (tertiary/aromatic N) is 2. The summed E-state index contributed by atoms with van der Waals surface area (Å²) in [7, 11) is 3.60. The Balaban J connectivity index is 0.00000176. The van der Waals surface area contributed by atoms with Crippen molar-refractivity contribution in [1.29, 1.82) is 0 Å². The predicted octanol–water partition coefficient (Wildman–Crippen LogP) is 1.11. The third-order valence-corrected chi connectivity index (χ3v) is 5.86. The van der Waals surface area contributed by atoms with Crippen LogP contribution in [0.15, 0.2) is 0 Å². The van der Waals surface area contributed by atoms with E-state index in [1.165, 1.54) is 12.8 Å². The van der Waals surface area contributed by atoms with Crippen LogP contribution in [0.2, 0.25) is 0 Å². The summed E-state index contributed by atoms with van der Waals surface area (Å²) in [5, 5.41) is 0. The van der Waals surface area contributed by atoms with Crippen LogP contribution in [0.25, 0.3) is 0 Å². The first-order chi connectivity index (χ1) is 9.99. The Labute approximate surface area is 139 Å². The Hall–Kier alpha value is -0.810. The molecule has 4 unspecified atom stereocenters. The van der Waals surface area contributed by atoms with Crippen LogP contribution in [0.1, 0.15) is 32.1 Å². The number of nitrogens with two attached hydrogens (primary N) is 1. The zero-order chi connectivity index (χ0) is 15.1. The van der Waals surface area contributed by atoms with Crippen molar-refractivity contribution in [3.63, 3.8) is 0 Å². The van der Waals surface area contributed by atoms with E-state index in [-0.39, 0.29) is 42.1 Å². The van der Waals surface area contributed by atoms with Crippen LogP contribution < -0.4 is 5.73 Å². The van der Waals surface area contributed by atoms with E-state index < -0.39 is 0 Å². The van der Waals surface area contributed by atoms with Crippen molar-refractivity contribution in [3.8, 4) is 0 Å². The number of hydrogen-bond donors (Lipinski definition) is 1. The van der Waals surface area contributed by atoms with Crippen LogP contribution in [-0.2, 0) is 9.59 Å². The van der Waals surface area contributed by atoms with Gasteiger partial charge in [0, 0.05) is 39.1 Å². The smallest absolute Gasteiger partial charge is 0.227 e. The number of carbonyl (C=O) groups excluding carboxylic acids is 2. The minimum atomic E-state index is 0. The summed E-state index contributed by atoms with van der Waals surface area (Å²) in [6, 6.07) is 0.0670. The zero-order valence-electron chi connectivity index (χ0n) is 13.5. The van der Waals surface area contributed by atoms with Crippen LogP contribution in [0.3, 0.4) is 0 Å². The fraction of sp³-hybridized carbons (Fsp3) is 0.875. The number of rotatable bonds is 2. The first-order valence-electron chi connectivity index (χ1n) is 8.24. The van der Waals surface area contributed by atoms with E-state index in [9.17, 15) is 9.59 Å². The molecule has 0 aromatic carbocycles. The number of likely N-dealkylation sites (tertiary alicyclic amines) is 1. The highest BCUT2D eigenvalue weighted by Gasteiger charge is 2.50. The fourth-order valence-electron chi connectivity index (χ4n) is 4.63. The molecule has 2 aliphatic carbocycles. The molecular formula is C16H28ClN3O2. The van der Waals surface area contributed by atoms with E-state index in [2.05, 4.69) is 0 Å². The molecule has 1 heterocycles. The summed E-state index contributed by atoms with van der Waals surface area (Å²) in [5.41, 5.74) is 6.28. The Morgan fingerprint density at radius 1 is 1.05 bits per heavy atom. The van der Waals surface area contributed by atoms with Gasteiger partial charge in [-0.3, -0.25) is 9.59 Å². The molecule has 3 fully saturated rings. The van der Waals surface area contributed by atoms with Gasteiger partial charge in [0.15, 0.2) is 0 Å². The van der Waals surface area contributed by atoms with Crippen LogP contribution in [-0.4, -0.2) is 54.8 Å². The summed E-state index contributed by atoms with van der Waals surface area (Å²) in [6.07, 6.45) is 5.10. The summed E-state index contributed by atoms with van der Waals surface area (Å²) < 4.78 is 0. The predicted molar refractivity (Wildman–Crippen MR) is 87.5 cm³/mol. The van der Waals surface area contributed by atoms with Crippen molar-refractivity contribution < 1.29 is 9.59 Å². The molecule has 126 valence electrons. The Morgan fingerprint density at radius 3 is 2.14 bits per heavy atom. The lowest BCUT2D eigenvalue weighted by atomic mass is 9.83. The van der Waals surface area contributed by atoms with Crippen molar-refractivity contribution in [2.45, 2.75) is 38.1 Å². The van der Waals surface area contributed by atoms with E-state index in [1.54, 1.807) is 19.0 Å². The summed E-state index contributed by atoms with van der Waals surface area (Å²) >= 11 is 0. The molecule has 1 saturated heterocycles. The maximum absolute atomic E-state index is 12.8.